The Labute approximate surface area is 110 Å². The van der Waals surface area contributed by atoms with Crippen molar-refractivity contribution in [1.82, 2.24) is 15.1 Å². The van der Waals surface area contributed by atoms with Crippen molar-refractivity contribution in [3.05, 3.63) is 0 Å². The van der Waals surface area contributed by atoms with E-state index in [0.717, 1.165) is 13.1 Å². The maximum Gasteiger partial charge on any atom is 0.221 e. The lowest BCUT2D eigenvalue weighted by molar-refractivity contribution is -0.122. The number of hydrogen-bond acceptors (Lipinski definition) is 4. The molecular weight excluding hydrogens is 228 g/mol. The van der Waals surface area contributed by atoms with Gasteiger partial charge < -0.3 is 11.1 Å². The van der Waals surface area contributed by atoms with Gasteiger partial charge in [0.25, 0.3) is 0 Å². The van der Waals surface area contributed by atoms with Crippen molar-refractivity contribution in [2.75, 3.05) is 33.2 Å². The summed E-state index contributed by atoms with van der Waals surface area (Å²) in [5, 5.41) is 2.70. The predicted octanol–water partition coefficient (Wildman–Crippen LogP) is -0.382. The molecule has 5 nitrogen and oxygen atoms in total. The van der Waals surface area contributed by atoms with Crippen molar-refractivity contribution in [2.24, 2.45) is 5.73 Å². The second-order valence-corrected chi connectivity index (χ2v) is 5.60. The molecule has 0 radical (unpaired) electrons. The van der Waals surface area contributed by atoms with E-state index in [4.69, 9.17) is 5.73 Å². The number of nitrogens with two attached hydrogens (primary N) is 1. The second-order valence-electron chi connectivity index (χ2n) is 5.60. The summed E-state index contributed by atoms with van der Waals surface area (Å²) in [5.41, 5.74) is 5.87. The fourth-order valence-electron chi connectivity index (χ4n) is 3.37. The first-order valence-electron chi connectivity index (χ1n) is 7.06. The normalized spacial score (nSPS) is 31.1. The molecule has 0 aromatic rings. The van der Waals surface area contributed by atoms with Crippen LogP contribution in [0.4, 0.5) is 0 Å². The molecule has 18 heavy (non-hydrogen) atoms. The summed E-state index contributed by atoms with van der Waals surface area (Å²) in [7, 11) is 1.69. The van der Waals surface area contributed by atoms with E-state index in [1.807, 2.05) is 0 Å². The first kappa shape index (κ1) is 13.8. The average Bonchev–Trinajstić information content (AvgIpc) is 2.81. The van der Waals surface area contributed by atoms with Gasteiger partial charge in [-0.25, -0.2) is 0 Å². The number of nitrogens with one attached hydrogen (secondary N) is 1. The molecule has 2 heterocycles. The minimum atomic E-state index is 0.0894. The summed E-state index contributed by atoms with van der Waals surface area (Å²) in [6.45, 7) is 6.24. The molecule has 1 amide bonds. The lowest BCUT2D eigenvalue weighted by atomic mass is 10.0. The third-order valence-corrected chi connectivity index (χ3v) is 4.43. The predicted molar refractivity (Wildman–Crippen MR) is 72.3 cm³/mol. The minimum Gasteiger partial charge on any atom is -0.359 e. The molecule has 3 N–H and O–H groups in total. The Morgan fingerprint density at radius 1 is 1.50 bits per heavy atom. The quantitative estimate of drug-likeness (QED) is 0.718. The van der Waals surface area contributed by atoms with Gasteiger partial charge in [-0.3, -0.25) is 14.6 Å². The summed E-state index contributed by atoms with van der Waals surface area (Å²) in [4.78, 5) is 16.6. The fraction of sp³-hybridized carbons (Fsp3) is 0.923. The van der Waals surface area contributed by atoms with Gasteiger partial charge in [0.05, 0.1) is 0 Å². The van der Waals surface area contributed by atoms with Gasteiger partial charge in [0.15, 0.2) is 0 Å². The molecule has 5 heteroatoms. The van der Waals surface area contributed by atoms with Crippen molar-refractivity contribution < 1.29 is 4.79 Å². The Kier molecular flexibility index (Phi) is 4.59. The molecule has 0 spiro atoms. The van der Waals surface area contributed by atoms with E-state index in [0.29, 0.717) is 25.0 Å². The van der Waals surface area contributed by atoms with Gasteiger partial charge in [0.1, 0.15) is 0 Å². The van der Waals surface area contributed by atoms with Crippen LogP contribution in [0.1, 0.15) is 26.2 Å². The van der Waals surface area contributed by atoms with Crippen LogP contribution in [0.25, 0.3) is 0 Å². The summed E-state index contributed by atoms with van der Waals surface area (Å²) in [6.07, 6.45) is 3.12. The molecule has 2 aliphatic rings. The molecule has 3 atom stereocenters. The highest BCUT2D eigenvalue weighted by atomic mass is 16.1. The highest BCUT2D eigenvalue weighted by Crippen LogP contribution is 2.26. The maximum absolute atomic E-state index is 11.6. The summed E-state index contributed by atoms with van der Waals surface area (Å²) >= 11 is 0. The van der Waals surface area contributed by atoms with Crippen molar-refractivity contribution in [1.29, 1.82) is 0 Å². The minimum absolute atomic E-state index is 0.0894. The number of hydrogen-bond donors (Lipinski definition) is 2. The third-order valence-electron chi connectivity index (χ3n) is 4.43. The molecule has 2 rings (SSSR count). The molecule has 0 aromatic heterocycles. The maximum atomic E-state index is 11.6. The van der Waals surface area contributed by atoms with Crippen LogP contribution in [-0.2, 0) is 4.79 Å². The number of carbonyl (C=O) groups is 1. The van der Waals surface area contributed by atoms with E-state index >= 15 is 0 Å². The average molecular weight is 254 g/mol. The van der Waals surface area contributed by atoms with Gasteiger partial charge >= 0.3 is 0 Å². The Hall–Kier alpha value is -0.650. The Morgan fingerprint density at radius 3 is 2.94 bits per heavy atom. The number of piperazine rings is 1. The third kappa shape index (κ3) is 2.84. The van der Waals surface area contributed by atoms with E-state index < -0.39 is 0 Å². The SMILES string of the molecule is CNC(=O)CC(CN)N1CC2CCCN2CC1C. The van der Waals surface area contributed by atoms with Crippen LogP contribution in [-0.4, -0.2) is 67.1 Å². The van der Waals surface area contributed by atoms with E-state index in [1.165, 1.54) is 19.4 Å². The number of fused-ring (bicyclic) bond motifs is 1. The van der Waals surface area contributed by atoms with Crippen molar-refractivity contribution in [2.45, 2.75) is 44.3 Å². The molecule has 2 fully saturated rings. The number of nitrogens with zero attached hydrogens (tertiary/aromatic N) is 2. The van der Waals surface area contributed by atoms with Gasteiger partial charge in [0, 0.05) is 51.2 Å². The number of carbonyl (C=O) groups excluding carboxylic acids is 1. The van der Waals surface area contributed by atoms with Crippen LogP contribution < -0.4 is 11.1 Å². The van der Waals surface area contributed by atoms with Gasteiger partial charge in [-0.2, -0.15) is 0 Å². The zero-order valence-electron chi connectivity index (χ0n) is 11.6. The van der Waals surface area contributed by atoms with Crippen LogP contribution >= 0.6 is 0 Å². The van der Waals surface area contributed by atoms with E-state index in [-0.39, 0.29) is 11.9 Å². The van der Waals surface area contributed by atoms with Crippen LogP contribution in [0.5, 0.6) is 0 Å². The van der Waals surface area contributed by atoms with E-state index in [1.54, 1.807) is 7.05 Å². The standard InChI is InChI=1S/C13H26N4O/c1-10-8-16-5-3-4-11(16)9-17(10)12(7-14)6-13(18)15-2/h10-12H,3-9,14H2,1-2H3,(H,15,18). The molecule has 0 aliphatic carbocycles. The smallest absolute Gasteiger partial charge is 0.221 e. The molecular formula is C13H26N4O. The molecule has 0 saturated carbocycles. The highest BCUT2D eigenvalue weighted by Gasteiger charge is 2.37. The molecule has 2 saturated heterocycles. The van der Waals surface area contributed by atoms with Crippen molar-refractivity contribution in [3.63, 3.8) is 0 Å². The number of amides is 1. The Bertz CT molecular complexity index is 297. The summed E-state index contributed by atoms with van der Waals surface area (Å²) in [5.74, 6) is 0.0894. The fourth-order valence-corrected chi connectivity index (χ4v) is 3.37. The zero-order chi connectivity index (χ0) is 13.1. The second kappa shape index (κ2) is 5.99. The lowest BCUT2D eigenvalue weighted by Crippen LogP contribution is -2.60. The van der Waals surface area contributed by atoms with Crippen molar-refractivity contribution >= 4 is 5.91 Å². The molecule has 104 valence electrons. The van der Waals surface area contributed by atoms with Gasteiger partial charge in [-0.1, -0.05) is 0 Å². The zero-order valence-corrected chi connectivity index (χ0v) is 11.6. The molecule has 3 unspecified atom stereocenters. The van der Waals surface area contributed by atoms with Crippen LogP contribution in [0.3, 0.4) is 0 Å². The number of rotatable bonds is 4. The largest absolute Gasteiger partial charge is 0.359 e. The van der Waals surface area contributed by atoms with E-state index in [9.17, 15) is 4.79 Å². The van der Waals surface area contributed by atoms with Crippen molar-refractivity contribution in [3.8, 4) is 0 Å². The summed E-state index contributed by atoms with van der Waals surface area (Å²) < 4.78 is 0. The molecule has 2 aliphatic heterocycles. The first-order valence-corrected chi connectivity index (χ1v) is 7.06. The van der Waals surface area contributed by atoms with Crippen LogP contribution in [0.2, 0.25) is 0 Å². The van der Waals surface area contributed by atoms with Crippen LogP contribution in [0.15, 0.2) is 0 Å². The van der Waals surface area contributed by atoms with Crippen LogP contribution in [0, 0.1) is 0 Å². The Morgan fingerprint density at radius 2 is 2.28 bits per heavy atom. The van der Waals surface area contributed by atoms with Gasteiger partial charge in [0.2, 0.25) is 5.91 Å². The summed E-state index contributed by atoms with van der Waals surface area (Å²) in [6, 6.07) is 1.36. The molecule has 0 bridgehead atoms. The molecule has 0 aromatic carbocycles. The Balaban J connectivity index is 1.98. The topological polar surface area (TPSA) is 61.6 Å². The van der Waals surface area contributed by atoms with E-state index in [2.05, 4.69) is 22.0 Å². The van der Waals surface area contributed by atoms with Gasteiger partial charge in [-0.15, -0.1) is 0 Å². The highest BCUT2D eigenvalue weighted by molar-refractivity contribution is 5.76. The first-order chi connectivity index (χ1) is 8.65. The lowest BCUT2D eigenvalue weighted by Gasteiger charge is -2.45. The monoisotopic (exact) mass is 254 g/mol. The van der Waals surface area contributed by atoms with Gasteiger partial charge in [-0.05, 0) is 26.3 Å².